The maximum Gasteiger partial charge on any atom is 0.259 e. The number of fused-ring (bicyclic) bond motifs is 1. The first kappa shape index (κ1) is 20.8. The van der Waals surface area contributed by atoms with Crippen molar-refractivity contribution in [2.24, 2.45) is 0 Å². The number of aryl methyl sites for hydroxylation is 1. The van der Waals surface area contributed by atoms with Gasteiger partial charge < -0.3 is 4.57 Å². The van der Waals surface area contributed by atoms with Crippen molar-refractivity contribution in [3.8, 4) is 0 Å². The van der Waals surface area contributed by atoms with E-state index >= 15 is 0 Å². The molecule has 0 fully saturated rings. The number of nitrogens with one attached hydrogen (secondary N) is 1. The van der Waals surface area contributed by atoms with Gasteiger partial charge in [0.1, 0.15) is 6.67 Å². The fourth-order valence-electron chi connectivity index (χ4n) is 3.97. The monoisotopic (exact) mass is 434 g/mol. The molecule has 156 valence electrons. The van der Waals surface area contributed by atoms with Crippen LogP contribution in [0.3, 0.4) is 0 Å². The van der Waals surface area contributed by atoms with E-state index in [0.29, 0.717) is 21.5 Å². The highest BCUT2D eigenvalue weighted by molar-refractivity contribution is 6.50. The lowest BCUT2D eigenvalue weighted by Gasteiger charge is -2.08. The minimum Gasteiger partial charge on any atom is -0.344 e. The maximum atomic E-state index is 13.1. The van der Waals surface area contributed by atoms with Crippen molar-refractivity contribution in [1.82, 2.24) is 9.88 Å². The average molecular weight is 435 g/mol. The molecule has 1 N–H and O–H groups in total. The number of allylic oxidation sites excluding steroid dienone is 1. The van der Waals surface area contributed by atoms with Crippen LogP contribution in [-0.4, -0.2) is 23.1 Å². The van der Waals surface area contributed by atoms with E-state index in [0.717, 1.165) is 16.6 Å². The van der Waals surface area contributed by atoms with Crippen molar-refractivity contribution in [2.45, 2.75) is 13.5 Å². The topological polar surface area (TPSA) is 51.1 Å². The molecule has 0 saturated heterocycles. The van der Waals surface area contributed by atoms with Crippen LogP contribution in [0.1, 0.15) is 29.2 Å². The van der Waals surface area contributed by atoms with Gasteiger partial charge in [-0.05, 0) is 47.9 Å². The molecule has 0 saturated carbocycles. The van der Waals surface area contributed by atoms with Gasteiger partial charge in [-0.25, -0.2) is 4.39 Å². The lowest BCUT2D eigenvalue weighted by molar-refractivity contribution is -0.122. The molecule has 0 unspecified atom stereocenters. The molecule has 0 spiro atoms. The Hall–Kier alpha value is -3.44. The van der Waals surface area contributed by atoms with Gasteiger partial charge in [-0.15, -0.1) is 0 Å². The lowest BCUT2D eigenvalue weighted by atomic mass is 9.93. The summed E-state index contributed by atoms with van der Waals surface area (Å²) in [5.41, 5.74) is 4.23. The summed E-state index contributed by atoms with van der Waals surface area (Å²) in [5.74, 6) is -0.959. The van der Waals surface area contributed by atoms with E-state index in [1.165, 1.54) is 0 Å². The highest BCUT2D eigenvalue weighted by atomic mass is 35.5. The van der Waals surface area contributed by atoms with Crippen LogP contribution in [-0.2, 0) is 16.1 Å². The number of carbonyl (C=O) groups excluding carboxylic acids is 2. The number of rotatable bonds is 6. The fourth-order valence-corrected chi connectivity index (χ4v) is 4.14. The molecule has 4 rings (SSSR count). The standard InChI is InChI=1S/C25H20ClFN2O2/c1-3-5-16-6-7-17(12-15(16)4-2)22-23(25(31)28-24(22)30)20-14-29(11-10-27)21-9-8-18(26)13-19(20)21/h3-9,12-14H,2,10-11H2,1H3,(H,28,30,31)/b5-3-. The van der Waals surface area contributed by atoms with Crippen molar-refractivity contribution in [1.29, 1.82) is 0 Å². The molecule has 0 aliphatic carbocycles. The predicted molar refractivity (Wildman–Crippen MR) is 124 cm³/mol. The lowest BCUT2D eigenvalue weighted by Crippen LogP contribution is -2.22. The third-order valence-electron chi connectivity index (χ3n) is 5.31. The Bertz CT molecular complexity index is 1300. The van der Waals surface area contributed by atoms with Gasteiger partial charge in [0.15, 0.2) is 0 Å². The highest BCUT2D eigenvalue weighted by Crippen LogP contribution is 2.37. The summed E-state index contributed by atoms with van der Waals surface area (Å²) in [5, 5.41) is 3.58. The molecule has 2 heterocycles. The molecule has 2 aromatic carbocycles. The first-order valence-electron chi connectivity index (χ1n) is 9.82. The molecule has 1 aromatic heterocycles. The Balaban J connectivity index is 2.00. The third-order valence-corrected chi connectivity index (χ3v) is 5.55. The van der Waals surface area contributed by atoms with Crippen LogP contribution in [0.4, 0.5) is 4.39 Å². The molecule has 6 heteroatoms. The normalized spacial score (nSPS) is 14.2. The molecule has 2 amide bonds. The van der Waals surface area contributed by atoms with Crippen molar-refractivity contribution in [3.63, 3.8) is 0 Å². The summed E-state index contributed by atoms with van der Waals surface area (Å²) in [4.78, 5) is 25.6. The maximum absolute atomic E-state index is 13.1. The van der Waals surface area contributed by atoms with E-state index in [9.17, 15) is 14.0 Å². The average Bonchev–Trinajstić information content (AvgIpc) is 3.24. The van der Waals surface area contributed by atoms with Crippen LogP contribution in [0, 0.1) is 0 Å². The number of halogens is 2. The van der Waals surface area contributed by atoms with E-state index in [1.54, 1.807) is 35.0 Å². The molecule has 0 radical (unpaired) electrons. The largest absolute Gasteiger partial charge is 0.344 e. The van der Waals surface area contributed by atoms with Crippen LogP contribution in [0.15, 0.2) is 55.3 Å². The van der Waals surface area contributed by atoms with Crippen LogP contribution in [0.2, 0.25) is 5.02 Å². The van der Waals surface area contributed by atoms with Gasteiger partial charge in [0, 0.05) is 27.7 Å². The van der Waals surface area contributed by atoms with Gasteiger partial charge in [0.05, 0.1) is 17.7 Å². The predicted octanol–water partition coefficient (Wildman–Crippen LogP) is 5.51. The Morgan fingerprint density at radius 3 is 2.58 bits per heavy atom. The minimum atomic E-state index is -0.558. The van der Waals surface area contributed by atoms with Gasteiger partial charge in [-0.1, -0.05) is 48.5 Å². The van der Waals surface area contributed by atoms with Crippen molar-refractivity contribution in [3.05, 3.63) is 82.5 Å². The fraction of sp³-hybridized carbons (Fsp3) is 0.120. The van der Waals surface area contributed by atoms with Crippen LogP contribution >= 0.6 is 11.6 Å². The second kappa shape index (κ2) is 8.36. The van der Waals surface area contributed by atoms with Gasteiger partial charge in [0.2, 0.25) is 0 Å². The van der Waals surface area contributed by atoms with Crippen LogP contribution in [0.25, 0.3) is 34.2 Å². The number of hydrogen-bond acceptors (Lipinski definition) is 2. The van der Waals surface area contributed by atoms with E-state index in [4.69, 9.17) is 11.6 Å². The molecule has 0 bridgehead atoms. The molecular formula is C25H20ClFN2O2. The van der Waals surface area contributed by atoms with Gasteiger partial charge in [-0.2, -0.15) is 0 Å². The second-order valence-corrected chi connectivity index (χ2v) is 7.60. The number of imide groups is 1. The zero-order valence-corrected chi connectivity index (χ0v) is 17.7. The number of alkyl halides is 1. The van der Waals surface area contributed by atoms with E-state index in [-0.39, 0.29) is 17.7 Å². The summed E-state index contributed by atoms with van der Waals surface area (Å²) >= 11 is 6.20. The quantitative estimate of drug-likeness (QED) is 0.520. The summed E-state index contributed by atoms with van der Waals surface area (Å²) in [7, 11) is 0. The Labute approximate surface area is 184 Å². The van der Waals surface area contributed by atoms with Crippen molar-refractivity contribution < 1.29 is 14.0 Å². The van der Waals surface area contributed by atoms with E-state index in [1.807, 2.05) is 37.3 Å². The molecule has 1 aliphatic rings. The number of benzene rings is 2. The molecule has 3 aromatic rings. The molecule has 4 nitrogen and oxygen atoms in total. The van der Waals surface area contributed by atoms with Crippen LogP contribution in [0.5, 0.6) is 0 Å². The van der Waals surface area contributed by atoms with Gasteiger partial charge >= 0.3 is 0 Å². The first-order valence-corrected chi connectivity index (χ1v) is 10.2. The summed E-state index contributed by atoms with van der Waals surface area (Å²) in [6.07, 6.45) is 7.28. The van der Waals surface area contributed by atoms with Gasteiger partial charge in [0.25, 0.3) is 11.8 Å². The van der Waals surface area contributed by atoms with E-state index < -0.39 is 18.5 Å². The number of hydrogen-bond donors (Lipinski definition) is 1. The molecular weight excluding hydrogens is 415 g/mol. The van der Waals surface area contributed by atoms with Gasteiger partial charge in [-0.3, -0.25) is 14.9 Å². The second-order valence-electron chi connectivity index (χ2n) is 7.17. The Morgan fingerprint density at radius 1 is 1.10 bits per heavy atom. The number of amides is 2. The third kappa shape index (κ3) is 3.62. The first-order chi connectivity index (χ1) is 15.0. The smallest absolute Gasteiger partial charge is 0.259 e. The van der Waals surface area contributed by atoms with Crippen molar-refractivity contribution in [2.75, 3.05) is 6.67 Å². The minimum absolute atomic E-state index is 0.134. The number of nitrogens with zero attached hydrogens (tertiary/aromatic N) is 1. The summed E-state index contributed by atoms with van der Waals surface area (Å²) in [6.45, 7) is 5.35. The number of aromatic nitrogens is 1. The highest BCUT2D eigenvalue weighted by Gasteiger charge is 2.34. The summed E-state index contributed by atoms with van der Waals surface area (Å²) in [6, 6.07) is 10.8. The number of carbonyl (C=O) groups is 2. The van der Waals surface area contributed by atoms with E-state index in [2.05, 4.69) is 11.9 Å². The molecule has 31 heavy (non-hydrogen) atoms. The zero-order chi connectivity index (χ0) is 22.1. The van der Waals surface area contributed by atoms with Crippen LogP contribution < -0.4 is 5.32 Å². The SMILES string of the molecule is C=Cc1cc(C2=C(c3cn(CCF)c4ccc(Cl)cc34)C(=O)NC2=O)ccc1/C=C\C. The zero-order valence-electron chi connectivity index (χ0n) is 16.9. The molecule has 1 aliphatic heterocycles. The summed E-state index contributed by atoms with van der Waals surface area (Å²) < 4.78 is 14.9. The van der Waals surface area contributed by atoms with Crippen molar-refractivity contribution >= 4 is 57.6 Å². The molecule has 0 atom stereocenters. The Kier molecular flexibility index (Phi) is 5.61. The Morgan fingerprint density at radius 2 is 1.87 bits per heavy atom.